The van der Waals surface area contributed by atoms with Crippen LogP contribution in [0.1, 0.15) is 40.2 Å². The van der Waals surface area contributed by atoms with Crippen LogP contribution in [0.4, 0.5) is 5.69 Å². The second-order valence-corrected chi connectivity index (χ2v) is 6.48. The van der Waals surface area contributed by atoms with Crippen LogP contribution < -0.4 is 9.64 Å². The zero-order chi connectivity index (χ0) is 19.1. The highest BCUT2D eigenvalue weighted by molar-refractivity contribution is 6.34. The summed E-state index contributed by atoms with van der Waals surface area (Å²) in [6.45, 7) is 13.5. The van der Waals surface area contributed by atoms with Crippen molar-refractivity contribution in [1.82, 2.24) is 0 Å². The van der Waals surface area contributed by atoms with E-state index >= 15 is 0 Å². The van der Waals surface area contributed by atoms with Gasteiger partial charge in [-0.05, 0) is 44.4 Å². The molecule has 5 heteroatoms. The first-order chi connectivity index (χ1) is 11.7. The maximum absolute atomic E-state index is 12.3. The van der Waals surface area contributed by atoms with E-state index in [2.05, 4.69) is 11.6 Å². The smallest absolute Gasteiger partial charge is 0.224 e. The monoisotopic (exact) mass is 362 g/mol. The fourth-order valence-corrected chi connectivity index (χ4v) is 2.61. The third kappa shape index (κ3) is 5.75. The number of halogens is 1. The Balaban J connectivity index is 3.40. The Labute approximate surface area is 155 Å². The largest absolute Gasteiger partial charge is 0.497 e. The first-order valence-corrected chi connectivity index (χ1v) is 8.59. The topological polar surface area (TPSA) is 41.9 Å². The second-order valence-electron chi connectivity index (χ2n) is 6.10. The van der Waals surface area contributed by atoms with E-state index in [1.165, 1.54) is 6.92 Å². The molecule has 0 N–H and O–H groups in total. The van der Waals surface area contributed by atoms with Crippen LogP contribution in [0.2, 0.25) is 5.02 Å². The Bertz CT molecular complexity index is 717. The molecule has 0 bridgehead atoms. The van der Waals surface area contributed by atoms with Crippen LogP contribution in [0, 0.1) is 0 Å². The summed E-state index contributed by atoms with van der Waals surface area (Å²) < 4.78 is 5.37. The predicted molar refractivity (Wildman–Crippen MR) is 107 cm³/mol. The molecule has 0 atom stereocenters. The quantitative estimate of drug-likeness (QED) is 0.625. The van der Waals surface area contributed by atoms with Crippen LogP contribution >= 0.6 is 11.6 Å². The molecule has 0 unspecified atom stereocenters. The molecule has 1 amide bonds. The van der Waals surface area contributed by atoms with Crippen molar-refractivity contribution in [3.63, 3.8) is 0 Å². The van der Waals surface area contributed by atoms with Gasteiger partial charge in [0.05, 0.1) is 24.4 Å². The predicted octanol–water partition coefficient (Wildman–Crippen LogP) is 5.20. The van der Waals surface area contributed by atoms with Crippen molar-refractivity contribution in [2.75, 3.05) is 18.6 Å². The molecule has 0 radical (unpaired) electrons. The highest BCUT2D eigenvalue weighted by Crippen LogP contribution is 2.35. The highest BCUT2D eigenvalue weighted by atomic mass is 35.5. The average molecular weight is 363 g/mol. The van der Waals surface area contributed by atoms with Crippen molar-refractivity contribution >= 4 is 29.4 Å². The van der Waals surface area contributed by atoms with E-state index in [0.717, 1.165) is 23.1 Å². The lowest BCUT2D eigenvalue weighted by Gasteiger charge is -2.25. The lowest BCUT2D eigenvalue weighted by molar-refractivity contribution is -0.116. The summed E-state index contributed by atoms with van der Waals surface area (Å²) in [5, 5.41) is 0.573. The van der Waals surface area contributed by atoms with Gasteiger partial charge in [0.1, 0.15) is 5.75 Å². The first kappa shape index (κ1) is 21.0. The summed E-state index contributed by atoms with van der Waals surface area (Å²) in [5.41, 5.74) is 4.31. The molecule has 1 rings (SSSR count). The Hall–Kier alpha value is -2.07. The van der Waals surface area contributed by atoms with Crippen LogP contribution in [0.5, 0.6) is 5.75 Å². The van der Waals surface area contributed by atoms with Gasteiger partial charge >= 0.3 is 0 Å². The molecule has 136 valence electrons. The van der Waals surface area contributed by atoms with Crippen molar-refractivity contribution in [3.8, 4) is 5.75 Å². The number of aliphatic imine (C=N–C) groups is 1. The Morgan fingerprint density at radius 1 is 1.32 bits per heavy atom. The Kier molecular flexibility index (Phi) is 7.91. The first-order valence-electron chi connectivity index (χ1n) is 8.21. The maximum Gasteiger partial charge on any atom is 0.224 e. The number of hydrogen-bond donors (Lipinski definition) is 0. The summed E-state index contributed by atoms with van der Waals surface area (Å²) in [4.78, 5) is 18.3. The van der Waals surface area contributed by atoms with Crippen molar-refractivity contribution in [2.45, 2.75) is 41.0 Å². The molecule has 1 aromatic carbocycles. The van der Waals surface area contributed by atoms with Gasteiger partial charge < -0.3 is 9.64 Å². The van der Waals surface area contributed by atoms with Crippen molar-refractivity contribution < 1.29 is 9.53 Å². The molecule has 0 saturated heterocycles. The average Bonchev–Trinajstić information content (AvgIpc) is 2.54. The van der Waals surface area contributed by atoms with E-state index in [1.807, 2.05) is 33.8 Å². The number of nitrogens with zero attached hydrogens (tertiary/aromatic N) is 2. The van der Waals surface area contributed by atoms with Crippen LogP contribution in [0.3, 0.4) is 0 Å². The summed E-state index contributed by atoms with van der Waals surface area (Å²) in [6, 6.07) is 3.69. The van der Waals surface area contributed by atoms with Crippen LogP contribution in [-0.4, -0.2) is 25.8 Å². The molecule has 0 aliphatic carbocycles. The molecule has 0 aromatic heterocycles. The molecule has 25 heavy (non-hydrogen) atoms. The normalized spacial score (nSPS) is 10.7. The minimum absolute atomic E-state index is 0.0975. The summed E-state index contributed by atoms with van der Waals surface area (Å²) in [7, 11) is 1.60. The number of aryl methyl sites for hydroxylation is 1. The lowest BCUT2D eigenvalue weighted by atomic mass is 10.1. The molecule has 1 aromatic rings. The molecular formula is C20H27ClN2O2. The second kappa shape index (κ2) is 9.42. The Morgan fingerprint density at radius 3 is 2.40 bits per heavy atom. The summed E-state index contributed by atoms with van der Waals surface area (Å²) in [6.07, 6.45) is 2.50. The minimum Gasteiger partial charge on any atom is -0.497 e. The minimum atomic E-state index is -0.0975. The van der Waals surface area contributed by atoms with E-state index in [0.29, 0.717) is 28.7 Å². The molecule has 0 fully saturated rings. The van der Waals surface area contributed by atoms with Crippen molar-refractivity contribution in [2.24, 2.45) is 4.99 Å². The number of carbonyl (C=O) groups is 1. The van der Waals surface area contributed by atoms with E-state index < -0.39 is 0 Å². The number of hydrogen-bond acceptors (Lipinski definition) is 3. The number of carbonyl (C=O) groups excluding carboxylic acids is 1. The van der Waals surface area contributed by atoms with Gasteiger partial charge in [0.25, 0.3) is 0 Å². The number of amides is 1. The molecule has 0 heterocycles. The third-order valence-electron chi connectivity index (χ3n) is 3.80. The molecular weight excluding hydrogens is 336 g/mol. The fraction of sp³-hybridized carbons (Fsp3) is 0.400. The molecule has 0 aliphatic rings. The molecule has 4 nitrogen and oxygen atoms in total. The van der Waals surface area contributed by atoms with Crippen LogP contribution in [-0.2, 0) is 11.2 Å². The van der Waals surface area contributed by atoms with Crippen molar-refractivity contribution in [3.05, 3.63) is 46.1 Å². The maximum atomic E-state index is 12.3. The summed E-state index contributed by atoms with van der Waals surface area (Å²) >= 11 is 6.55. The van der Waals surface area contributed by atoms with Gasteiger partial charge in [-0.15, -0.1) is 0 Å². The zero-order valence-corrected chi connectivity index (χ0v) is 16.7. The standard InChI is InChI=1S/C20H27ClN2O2/c1-8-16-9-18(25-7)10-19(20(16)21)23(15(6)24)12-17(13(2)3)11-22-14(4)5/h9-11H,4,8,12H2,1-3,5-7H3. The third-order valence-corrected chi connectivity index (χ3v) is 4.24. The van der Waals surface area contributed by atoms with E-state index in [-0.39, 0.29) is 5.91 Å². The van der Waals surface area contributed by atoms with Crippen molar-refractivity contribution in [1.29, 1.82) is 0 Å². The zero-order valence-electron chi connectivity index (χ0n) is 15.9. The van der Waals surface area contributed by atoms with Gasteiger partial charge in [-0.25, -0.2) is 0 Å². The number of allylic oxidation sites excluding steroid dienone is 2. The summed E-state index contributed by atoms with van der Waals surface area (Å²) in [5.74, 6) is 0.580. The van der Waals surface area contributed by atoms with Gasteiger partial charge in [-0.2, -0.15) is 0 Å². The Morgan fingerprint density at radius 2 is 1.96 bits per heavy atom. The SMILES string of the molecule is C=C(C)N=CC(CN(C(C)=O)c1cc(OC)cc(CC)c1Cl)=C(C)C. The fourth-order valence-electron chi connectivity index (χ4n) is 2.26. The van der Waals surface area contributed by atoms with Gasteiger partial charge in [0.15, 0.2) is 0 Å². The number of rotatable bonds is 7. The number of ether oxygens (including phenoxy) is 1. The van der Waals surface area contributed by atoms with E-state index in [9.17, 15) is 4.79 Å². The molecule has 0 saturated carbocycles. The van der Waals surface area contributed by atoms with Gasteiger partial charge in [-0.3, -0.25) is 9.79 Å². The number of benzene rings is 1. The van der Waals surface area contributed by atoms with Gasteiger partial charge in [-0.1, -0.05) is 30.7 Å². The van der Waals surface area contributed by atoms with E-state index in [1.54, 1.807) is 24.3 Å². The number of anilines is 1. The molecule has 0 aliphatic heterocycles. The highest BCUT2D eigenvalue weighted by Gasteiger charge is 2.19. The number of methoxy groups -OCH3 is 1. The van der Waals surface area contributed by atoms with E-state index in [4.69, 9.17) is 16.3 Å². The van der Waals surface area contributed by atoms with Gasteiger partial charge in [0, 0.05) is 24.9 Å². The lowest BCUT2D eigenvalue weighted by Crippen LogP contribution is -2.31. The molecule has 0 spiro atoms. The van der Waals surface area contributed by atoms with Crippen LogP contribution in [0.25, 0.3) is 0 Å². The van der Waals surface area contributed by atoms with Gasteiger partial charge in [0.2, 0.25) is 5.91 Å². The van der Waals surface area contributed by atoms with Crippen LogP contribution in [0.15, 0.2) is 40.5 Å².